The van der Waals surface area contributed by atoms with Crippen molar-refractivity contribution in [2.45, 2.75) is 46.1 Å². The van der Waals surface area contributed by atoms with Crippen LogP contribution >= 0.6 is 0 Å². The Morgan fingerprint density at radius 1 is 1.12 bits per heavy atom. The van der Waals surface area contributed by atoms with Crippen LogP contribution in [-0.4, -0.2) is 40.8 Å². The van der Waals surface area contributed by atoms with Crippen molar-refractivity contribution in [1.29, 1.82) is 0 Å². The first-order chi connectivity index (χ1) is 15.6. The van der Waals surface area contributed by atoms with Crippen LogP contribution in [0.1, 0.15) is 60.9 Å². The SMILES string of the molecule is CN(C(=O)CC(C)(C)C)c1ccc2c(C(=O)NC3CC3)c(NC(=O)c3ccccn3)[nH]c2c1. The number of carbonyl (C=O) groups is 3. The molecule has 0 saturated heterocycles. The molecule has 1 saturated carbocycles. The molecule has 0 bridgehead atoms. The monoisotopic (exact) mass is 447 g/mol. The summed E-state index contributed by atoms with van der Waals surface area (Å²) < 4.78 is 0. The molecule has 2 aromatic heterocycles. The Morgan fingerprint density at radius 3 is 2.52 bits per heavy atom. The van der Waals surface area contributed by atoms with E-state index in [-0.39, 0.29) is 29.0 Å². The van der Waals surface area contributed by atoms with Crippen molar-refractivity contribution in [3.05, 3.63) is 53.9 Å². The fraction of sp³-hybridized carbons (Fsp3) is 0.360. The number of pyridine rings is 1. The predicted molar refractivity (Wildman–Crippen MR) is 128 cm³/mol. The van der Waals surface area contributed by atoms with Crippen LogP contribution in [0.25, 0.3) is 10.9 Å². The molecule has 2 heterocycles. The molecule has 8 heteroatoms. The molecule has 3 aromatic rings. The number of hydrogen-bond donors (Lipinski definition) is 3. The van der Waals surface area contributed by atoms with Crippen molar-refractivity contribution in [1.82, 2.24) is 15.3 Å². The van der Waals surface area contributed by atoms with Gasteiger partial charge in [-0.1, -0.05) is 26.8 Å². The third-order valence-electron chi connectivity index (χ3n) is 5.50. The largest absolute Gasteiger partial charge is 0.349 e. The maximum absolute atomic E-state index is 13.0. The maximum atomic E-state index is 13.0. The van der Waals surface area contributed by atoms with E-state index in [0.29, 0.717) is 34.4 Å². The van der Waals surface area contributed by atoms with Crippen molar-refractivity contribution in [3.63, 3.8) is 0 Å². The standard InChI is InChI=1S/C25H29N5O3/c1-25(2,3)14-20(31)30(4)16-10-11-17-19(13-16)28-22(21(17)24(33)27-15-8-9-15)29-23(32)18-7-5-6-12-26-18/h5-7,10-13,15,28H,8-9,14H2,1-4H3,(H,27,33)(H,29,32). The summed E-state index contributed by atoms with van der Waals surface area (Å²) in [6.45, 7) is 6.07. The lowest BCUT2D eigenvalue weighted by Gasteiger charge is -2.23. The first kappa shape index (κ1) is 22.5. The van der Waals surface area contributed by atoms with Gasteiger partial charge in [-0.3, -0.25) is 19.4 Å². The van der Waals surface area contributed by atoms with Crippen LogP contribution in [0.2, 0.25) is 0 Å². The van der Waals surface area contributed by atoms with E-state index in [9.17, 15) is 14.4 Å². The normalized spacial score (nSPS) is 13.6. The molecule has 0 unspecified atom stereocenters. The van der Waals surface area contributed by atoms with Gasteiger partial charge in [0.1, 0.15) is 11.5 Å². The summed E-state index contributed by atoms with van der Waals surface area (Å²) in [4.78, 5) is 47.3. The lowest BCUT2D eigenvalue weighted by atomic mass is 9.91. The average Bonchev–Trinajstić information content (AvgIpc) is 3.50. The number of rotatable bonds is 6. The highest BCUT2D eigenvalue weighted by Gasteiger charge is 2.28. The van der Waals surface area contributed by atoms with Crippen LogP contribution < -0.4 is 15.5 Å². The van der Waals surface area contributed by atoms with Gasteiger partial charge in [0.05, 0.1) is 5.56 Å². The third kappa shape index (κ3) is 5.22. The fourth-order valence-corrected chi connectivity index (χ4v) is 3.60. The summed E-state index contributed by atoms with van der Waals surface area (Å²) in [5.41, 5.74) is 1.85. The zero-order valence-electron chi connectivity index (χ0n) is 19.4. The van der Waals surface area contributed by atoms with Crippen LogP contribution in [0, 0.1) is 5.41 Å². The van der Waals surface area contributed by atoms with E-state index in [1.54, 1.807) is 36.2 Å². The van der Waals surface area contributed by atoms with Gasteiger partial charge < -0.3 is 20.5 Å². The predicted octanol–water partition coefficient (Wildman–Crippen LogP) is 4.11. The minimum absolute atomic E-state index is 0.00350. The number of aromatic amines is 1. The lowest BCUT2D eigenvalue weighted by Crippen LogP contribution is -2.29. The Morgan fingerprint density at radius 2 is 1.88 bits per heavy atom. The Kier molecular flexibility index (Phi) is 5.93. The van der Waals surface area contributed by atoms with Gasteiger partial charge in [-0.15, -0.1) is 0 Å². The zero-order chi connectivity index (χ0) is 23.8. The van der Waals surface area contributed by atoms with E-state index in [0.717, 1.165) is 12.8 Å². The molecule has 0 atom stereocenters. The average molecular weight is 448 g/mol. The number of benzene rings is 1. The Hall–Kier alpha value is -3.68. The second-order valence-corrected chi connectivity index (χ2v) is 9.71. The van der Waals surface area contributed by atoms with Crippen LogP contribution in [0.15, 0.2) is 42.6 Å². The molecule has 1 aliphatic rings. The number of nitrogens with one attached hydrogen (secondary N) is 3. The molecule has 1 fully saturated rings. The highest BCUT2D eigenvalue weighted by molar-refractivity contribution is 6.15. The van der Waals surface area contributed by atoms with Gasteiger partial charge in [-0.25, -0.2) is 0 Å². The molecule has 4 rings (SSSR count). The number of fused-ring (bicyclic) bond motifs is 1. The molecular weight excluding hydrogens is 418 g/mol. The summed E-state index contributed by atoms with van der Waals surface area (Å²) in [5.74, 6) is -0.353. The lowest BCUT2D eigenvalue weighted by molar-refractivity contribution is -0.120. The van der Waals surface area contributed by atoms with E-state index in [4.69, 9.17) is 0 Å². The highest BCUT2D eigenvalue weighted by Crippen LogP contribution is 2.32. The second-order valence-electron chi connectivity index (χ2n) is 9.71. The summed E-state index contributed by atoms with van der Waals surface area (Å²) in [6, 6.07) is 10.7. The molecule has 0 spiro atoms. The first-order valence-electron chi connectivity index (χ1n) is 11.1. The molecule has 1 aromatic carbocycles. The quantitative estimate of drug-likeness (QED) is 0.529. The highest BCUT2D eigenvalue weighted by atomic mass is 16.2. The van der Waals surface area contributed by atoms with Crippen molar-refractivity contribution >= 4 is 40.1 Å². The number of carbonyl (C=O) groups excluding carboxylic acids is 3. The number of anilines is 2. The number of hydrogen-bond acceptors (Lipinski definition) is 4. The van der Waals surface area contributed by atoms with E-state index >= 15 is 0 Å². The Bertz CT molecular complexity index is 1210. The van der Waals surface area contributed by atoms with E-state index in [2.05, 4.69) is 20.6 Å². The van der Waals surface area contributed by atoms with Crippen LogP contribution in [0.4, 0.5) is 11.5 Å². The fourth-order valence-electron chi connectivity index (χ4n) is 3.60. The molecule has 33 heavy (non-hydrogen) atoms. The van der Waals surface area contributed by atoms with Gasteiger partial charge in [0.25, 0.3) is 11.8 Å². The number of H-pyrrole nitrogens is 1. The van der Waals surface area contributed by atoms with E-state index < -0.39 is 5.91 Å². The van der Waals surface area contributed by atoms with Crippen LogP contribution in [0.5, 0.6) is 0 Å². The second kappa shape index (κ2) is 8.69. The van der Waals surface area contributed by atoms with Gasteiger partial charge in [-0.05, 0) is 48.6 Å². The molecule has 3 amide bonds. The van der Waals surface area contributed by atoms with E-state index in [1.807, 2.05) is 32.9 Å². The van der Waals surface area contributed by atoms with Gasteiger partial charge >= 0.3 is 0 Å². The van der Waals surface area contributed by atoms with Gasteiger partial charge in [-0.2, -0.15) is 0 Å². The Balaban J connectivity index is 1.69. The van der Waals surface area contributed by atoms with E-state index in [1.165, 1.54) is 6.20 Å². The third-order valence-corrected chi connectivity index (χ3v) is 5.50. The topological polar surface area (TPSA) is 107 Å². The Labute approximate surface area is 192 Å². The summed E-state index contributed by atoms with van der Waals surface area (Å²) in [6.07, 6.45) is 3.85. The minimum Gasteiger partial charge on any atom is -0.349 e. The molecule has 3 N–H and O–H groups in total. The van der Waals surface area contributed by atoms with Crippen molar-refractivity contribution in [2.24, 2.45) is 5.41 Å². The molecule has 8 nitrogen and oxygen atoms in total. The molecule has 172 valence electrons. The smallest absolute Gasteiger partial charge is 0.275 e. The van der Waals surface area contributed by atoms with Gasteiger partial charge in [0, 0.05) is 42.3 Å². The van der Waals surface area contributed by atoms with Crippen molar-refractivity contribution in [3.8, 4) is 0 Å². The first-order valence-corrected chi connectivity index (χ1v) is 11.1. The minimum atomic E-state index is -0.416. The molecular formula is C25H29N5O3. The van der Waals surface area contributed by atoms with Gasteiger partial charge in [0.2, 0.25) is 5.91 Å². The number of aromatic nitrogens is 2. The zero-order valence-corrected chi connectivity index (χ0v) is 19.4. The number of amides is 3. The molecule has 0 aliphatic heterocycles. The summed E-state index contributed by atoms with van der Waals surface area (Å²) in [5, 5.41) is 6.46. The van der Waals surface area contributed by atoms with Crippen molar-refractivity contribution in [2.75, 3.05) is 17.3 Å². The summed E-state index contributed by atoms with van der Waals surface area (Å²) in [7, 11) is 1.74. The van der Waals surface area contributed by atoms with Crippen LogP contribution in [0.3, 0.4) is 0 Å². The maximum Gasteiger partial charge on any atom is 0.275 e. The number of nitrogens with zero attached hydrogens (tertiary/aromatic N) is 2. The summed E-state index contributed by atoms with van der Waals surface area (Å²) >= 11 is 0. The molecule has 1 aliphatic carbocycles. The molecule has 0 radical (unpaired) electrons. The van der Waals surface area contributed by atoms with Gasteiger partial charge in [0.15, 0.2) is 0 Å². The van der Waals surface area contributed by atoms with Crippen LogP contribution in [-0.2, 0) is 4.79 Å². The van der Waals surface area contributed by atoms with Crippen molar-refractivity contribution < 1.29 is 14.4 Å².